The molecular formula is C11H19N3O. The van der Waals surface area contributed by atoms with Crippen molar-refractivity contribution in [2.45, 2.75) is 45.6 Å². The second-order valence-corrected chi connectivity index (χ2v) is 4.79. The van der Waals surface area contributed by atoms with Gasteiger partial charge in [-0.25, -0.2) is 0 Å². The number of aromatic nitrogens is 3. The standard InChI is InChI=1S/C11H19N3O/c1-7(2)10-11(8(3)4)13-14(12-10)9-5-15-6-9/h7-9H,5-6H2,1-4H3. The summed E-state index contributed by atoms with van der Waals surface area (Å²) >= 11 is 0. The lowest BCUT2D eigenvalue weighted by Gasteiger charge is -2.24. The molecule has 15 heavy (non-hydrogen) atoms. The van der Waals surface area contributed by atoms with Gasteiger partial charge in [-0.2, -0.15) is 15.0 Å². The van der Waals surface area contributed by atoms with Crippen LogP contribution in [0.3, 0.4) is 0 Å². The summed E-state index contributed by atoms with van der Waals surface area (Å²) in [6.45, 7) is 10.2. The smallest absolute Gasteiger partial charge is 0.118 e. The molecule has 1 saturated heterocycles. The molecule has 1 fully saturated rings. The molecule has 0 N–H and O–H groups in total. The number of ether oxygens (including phenoxy) is 1. The summed E-state index contributed by atoms with van der Waals surface area (Å²) in [5.74, 6) is 0.884. The SMILES string of the molecule is CC(C)c1nn(C2COC2)nc1C(C)C. The van der Waals surface area contributed by atoms with E-state index in [1.54, 1.807) is 0 Å². The minimum Gasteiger partial charge on any atom is -0.377 e. The van der Waals surface area contributed by atoms with E-state index >= 15 is 0 Å². The van der Waals surface area contributed by atoms with Crippen LogP contribution in [0.25, 0.3) is 0 Å². The summed E-state index contributed by atoms with van der Waals surface area (Å²) in [5.41, 5.74) is 2.27. The fourth-order valence-electron chi connectivity index (χ4n) is 1.69. The average Bonchev–Trinajstić information content (AvgIpc) is 2.45. The Hall–Kier alpha value is -0.900. The van der Waals surface area contributed by atoms with Gasteiger partial charge in [-0.3, -0.25) is 0 Å². The highest BCUT2D eigenvalue weighted by atomic mass is 16.5. The molecule has 84 valence electrons. The number of rotatable bonds is 3. The molecule has 1 aliphatic rings. The molecule has 2 rings (SSSR count). The summed E-state index contributed by atoms with van der Waals surface area (Å²) in [4.78, 5) is 1.84. The highest BCUT2D eigenvalue weighted by molar-refractivity contribution is 5.16. The van der Waals surface area contributed by atoms with Gasteiger partial charge in [0.15, 0.2) is 0 Å². The monoisotopic (exact) mass is 209 g/mol. The Labute approximate surface area is 90.6 Å². The van der Waals surface area contributed by atoms with Crippen LogP contribution in [0.15, 0.2) is 0 Å². The minimum absolute atomic E-state index is 0.356. The lowest BCUT2D eigenvalue weighted by molar-refractivity contribution is -0.0351. The third-order valence-corrected chi connectivity index (χ3v) is 2.72. The molecule has 2 heterocycles. The molecule has 0 unspecified atom stereocenters. The molecule has 0 spiro atoms. The second-order valence-electron chi connectivity index (χ2n) is 4.79. The molecule has 0 atom stereocenters. The summed E-state index contributed by atoms with van der Waals surface area (Å²) in [5, 5.41) is 9.16. The van der Waals surface area contributed by atoms with Gasteiger partial charge in [0.25, 0.3) is 0 Å². The van der Waals surface area contributed by atoms with Crippen molar-refractivity contribution in [1.29, 1.82) is 0 Å². The van der Waals surface area contributed by atoms with Gasteiger partial charge in [-0.15, -0.1) is 0 Å². The third-order valence-electron chi connectivity index (χ3n) is 2.72. The van der Waals surface area contributed by atoms with E-state index in [9.17, 15) is 0 Å². The van der Waals surface area contributed by atoms with E-state index < -0.39 is 0 Å². The van der Waals surface area contributed by atoms with E-state index in [0.717, 1.165) is 24.6 Å². The Kier molecular flexibility index (Phi) is 2.78. The van der Waals surface area contributed by atoms with E-state index in [4.69, 9.17) is 4.74 Å². The zero-order valence-corrected chi connectivity index (χ0v) is 9.90. The van der Waals surface area contributed by atoms with Crippen LogP contribution in [-0.4, -0.2) is 28.2 Å². The van der Waals surface area contributed by atoms with Gasteiger partial charge in [0.05, 0.1) is 24.6 Å². The Morgan fingerprint density at radius 3 is 1.80 bits per heavy atom. The van der Waals surface area contributed by atoms with Gasteiger partial charge in [-0.05, 0) is 11.8 Å². The van der Waals surface area contributed by atoms with Gasteiger partial charge in [0, 0.05) is 0 Å². The van der Waals surface area contributed by atoms with Crippen LogP contribution in [0.1, 0.15) is 57.0 Å². The molecule has 0 bridgehead atoms. The summed E-state index contributed by atoms with van der Waals surface area (Å²) < 4.78 is 5.16. The van der Waals surface area contributed by atoms with Crippen LogP contribution in [-0.2, 0) is 4.74 Å². The predicted molar refractivity (Wildman–Crippen MR) is 58.1 cm³/mol. The van der Waals surface area contributed by atoms with E-state index in [2.05, 4.69) is 37.9 Å². The van der Waals surface area contributed by atoms with E-state index in [1.165, 1.54) is 0 Å². The molecule has 4 heteroatoms. The third kappa shape index (κ3) is 1.91. The largest absolute Gasteiger partial charge is 0.377 e. The molecule has 0 aliphatic carbocycles. The molecule has 4 nitrogen and oxygen atoms in total. The Balaban J connectivity index is 2.30. The van der Waals surface area contributed by atoms with Crippen LogP contribution < -0.4 is 0 Å². The normalized spacial score (nSPS) is 17.5. The fourth-order valence-corrected chi connectivity index (χ4v) is 1.69. The highest BCUT2D eigenvalue weighted by Gasteiger charge is 2.25. The van der Waals surface area contributed by atoms with Crippen LogP contribution in [0, 0.1) is 0 Å². The fraction of sp³-hybridized carbons (Fsp3) is 0.818. The van der Waals surface area contributed by atoms with E-state index in [-0.39, 0.29) is 0 Å². The molecule has 0 aromatic carbocycles. The first-order chi connectivity index (χ1) is 7.09. The molecule has 0 radical (unpaired) electrons. The van der Waals surface area contributed by atoms with Gasteiger partial charge < -0.3 is 4.74 Å². The lowest BCUT2D eigenvalue weighted by atomic mass is 10.0. The number of hydrogen-bond acceptors (Lipinski definition) is 3. The van der Waals surface area contributed by atoms with Crippen molar-refractivity contribution in [2.24, 2.45) is 0 Å². The molecular weight excluding hydrogens is 190 g/mol. The lowest BCUT2D eigenvalue weighted by Crippen LogP contribution is -2.32. The van der Waals surface area contributed by atoms with Crippen molar-refractivity contribution < 1.29 is 4.74 Å². The van der Waals surface area contributed by atoms with Gasteiger partial charge >= 0.3 is 0 Å². The van der Waals surface area contributed by atoms with Crippen molar-refractivity contribution in [3.63, 3.8) is 0 Å². The minimum atomic E-state index is 0.356. The Bertz CT molecular complexity index is 314. The molecule has 1 aromatic rings. The Morgan fingerprint density at radius 1 is 1.07 bits per heavy atom. The quantitative estimate of drug-likeness (QED) is 0.765. The molecule has 0 amide bonds. The number of hydrogen-bond donors (Lipinski definition) is 0. The van der Waals surface area contributed by atoms with Crippen LogP contribution in [0.4, 0.5) is 0 Å². The Morgan fingerprint density at radius 2 is 1.53 bits per heavy atom. The maximum absolute atomic E-state index is 5.16. The van der Waals surface area contributed by atoms with E-state index in [0.29, 0.717) is 17.9 Å². The maximum atomic E-state index is 5.16. The van der Waals surface area contributed by atoms with Crippen LogP contribution in [0.2, 0.25) is 0 Å². The average molecular weight is 209 g/mol. The zero-order valence-electron chi connectivity index (χ0n) is 9.90. The van der Waals surface area contributed by atoms with Gasteiger partial charge in [-0.1, -0.05) is 27.7 Å². The second kappa shape index (κ2) is 3.93. The van der Waals surface area contributed by atoms with Crippen molar-refractivity contribution >= 4 is 0 Å². The number of nitrogens with zero attached hydrogens (tertiary/aromatic N) is 3. The summed E-state index contributed by atoms with van der Waals surface area (Å²) in [6.07, 6.45) is 0. The molecule has 1 aliphatic heterocycles. The summed E-state index contributed by atoms with van der Waals surface area (Å²) in [7, 11) is 0. The first-order valence-electron chi connectivity index (χ1n) is 5.64. The molecule has 1 aromatic heterocycles. The van der Waals surface area contributed by atoms with Crippen molar-refractivity contribution in [3.05, 3.63) is 11.4 Å². The zero-order chi connectivity index (χ0) is 11.0. The first-order valence-corrected chi connectivity index (χ1v) is 5.64. The summed E-state index contributed by atoms with van der Waals surface area (Å²) in [6, 6.07) is 0.356. The van der Waals surface area contributed by atoms with E-state index in [1.807, 2.05) is 4.80 Å². The predicted octanol–water partition coefficient (Wildman–Crippen LogP) is 2.10. The van der Waals surface area contributed by atoms with Gasteiger partial charge in [0.2, 0.25) is 0 Å². The van der Waals surface area contributed by atoms with Crippen LogP contribution >= 0.6 is 0 Å². The van der Waals surface area contributed by atoms with Crippen molar-refractivity contribution in [1.82, 2.24) is 15.0 Å². The highest BCUT2D eigenvalue weighted by Crippen LogP contribution is 2.25. The van der Waals surface area contributed by atoms with Crippen molar-refractivity contribution in [3.8, 4) is 0 Å². The van der Waals surface area contributed by atoms with Crippen LogP contribution in [0.5, 0.6) is 0 Å². The molecule has 0 saturated carbocycles. The topological polar surface area (TPSA) is 39.9 Å². The first kappa shape index (κ1) is 10.6. The maximum Gasteiger partial charge on any atom is 0.118 e. The van der Waals surface area contributed by atoms with Crippen molar-refractivity contribution in [2.75, 3.05) is 13.2 Å². The van der Waals surface area contributed by atoms with Gasteiger partial charge in [0.1, 0.15) is 6.04 Å².